The number of hydrogen-bond donors (Lipinski definition) is 1. The second kappa shape index (κ2) is 8.28. The van der Waals surface area contributed by atoms with Gasteiger partial charge in [-0.3, -0.25) is 9.59 Å². The summed E-state index contributed by atoms with van der Waals surface area (Å²) in [5, 5.41) is 8.85. The Bertz CT molecular complexity index is 778. The number of amides is 1. The Balaban J connectivity index is 1.60. The minimum Gasteiger partial charge on any atom is -0.352 e. The Kier molecular flexibility index (Phi) is 5.84. The lowest BCUT2D eigenvalue weighted by Crippen LogP contribution is -2.40. The highest BCUT2D eigenvalue weighted by atomic mass is 16.2. The summed E-state index contributed by atoms with van der Waals surface area (Å²) < 4.78 is 1.47. The summed E-state index contributed by atoms with van der Waals surface area (Å²) in [4.78, 5) is 24.8. The van der Waals surface area contributed by atoms with Gasteiger partial charge < -0.3 is 5.32 Å². The highest BCUT2D eigenvalue weighted by Crippen LogP contribution is 2.28. The van der Waals surface area contributed by atoms with Gasteiger partial charge in [0.2, 0.25) is 5.91 Å². The number of carbonyl (C=O) groups is 1. The Morgan fingerprint density at radius 3 is 2.84 bits per heavy atom. The molecule has 0 radical (unpaired) electrons. The molecule has 3 rings (SSSR count). The van der Waals surface area contributed by atoms with E-state index < -0.39 is 0 Å². The Morgan fingerprint density at radius 2 is 2.08 bits per heavy atom. The van der Waals surface area contributed by atoms with Crippen LogP contribution in [0, 0.1) is 5.92 Å². The second-order valence-corrected chi connectivity index (χ2v) is 7.08. The molecule has 134 valence electrons. The lowest BCUT2D eigenvalue weighted by atomic mass is 10.0. The lowest BCUT2D eigenvalue weighted by molar-refractivity contribution is -0.122. The smallest absolute Gasteiger partial charge is 0.274 e. The first-order chi connectivity index (χ1) is 12.2. The first-order valence-electron chi connectivity index (χ1n) is 9.41. The van der Waals surface area contributed by atoms with Crippen LogP contribution in [-0.2, 0) is 11.3 Å². The summed E-state index contributed by atoms with van der Waals surface area (Å²) in [6, 6.07) is 7.39. The topological polar surface area (TPSA) is 64.0 Å². The maximum atomic E-state index is 12.6. The molecule has 1 amide bonds. The fraction of sp³-hybridized carbons (Fsp3) is 0.550. The van der Waals surface area contributed by atoms with Crippen LogP contribution in [0.5, 0.6) is 0 Å². The molecule has 1 aliphatic rings. The van der Waals surface area contributed by atoms with Gasteiger partial charge in [0.15, 0.2) is 0 Å². The van der Waals surface area contributed by atoms with E-state index in [2.05, 4.69) is 10.4 Å². The van der Waals surface area contributed by atoms with Crippen LogP contribution < -0.4 is 10.9 Å². The molecule has 5 heteroatoms. The molecule has 1 heterocycles. The maximum Gasteiger partial charge on any atom is 0.274 e. The number of fused-ring (bicyclic) bond motifs is 1. The van der Waals surface area contributed by atoms with Crippen molar-refractivity contribution in [2.24, 2.45) is 5.92 Å². The molecule has 1 N–H and O–H groups in total. The molecule has 0 spiro atoms. The molecule has 25 heavy (non-hydrogen) atoms. The summed E-state index contributed by atoms with van der Waals surface area (Å²) >= 11 is 0. The van der Waals surface area contributed by atoms with Crippen molar-refractivity contribution in [2.75, 3.05) is 0 Å². The van der Waals surface area contributed by atoms with Crippen LogP contribution in [0.3, 0.4) is 0 Å². The van der Waals surface area contributed by atoms with Crippen LogP contribution in [0.2, 0.25) is 0 Å². The van der Waals surface area contributed by atoms with E-state index >= 15 is 0 Å². The summed E-state index contributed by atoms with van der Waals surface area (Å²) in [5.74, 6) is 0.809. The molecule has 1 aromatic heterocycles. The summed E-state index contributed by atoms with van der Waals surface area (Å²) in [6.07, 6.45) is 9.20. The van der Waals surface area contributed by atoms with Crippen LogP contribution in [0.4, 0.5) is 0 Å². The standard InChI is InChI=1S/C20H27N3O2/c1-2-17(22-19(24)12-11-15-7-3-4-8-15)14-23-20(25)18-10-6-5-9-16(18)13-21-23/h5-6,9-10,13,15,17H,2-4,7-8,11-12,14H2,1H3,(H,22,24)/t17-/m1/s1. The van der Waals surface area contributed by atoms with Crippen molar-refractivity contribution in [3.8, 4) is 0 Å². The van der Waals surface area contributed by atoms with E-state index in [1.807, 2.05) is 31.2 Å². The van der Waals surface area contributed by atoms with Gasteiger partial charge in [-0.15, -0.1) is 0 Å². The molecule has 0 bridgehead atoms. The highest BCUT2D eigenvalue weighted by molar-refractivity contribution is 5.80. The Morgan fingerprint density at radius 1 is 1.32 bits per heavy atom. The van der Waals surface area contributed by atoms with Crippen molar-refractivity contribution in [1.29, 1.82) is 0 Å². The molecule has 1 aromatic carbocycles. The first-order valence-corrected chi connectivity index (χ1v) is 9.41. The second-order valence-electron chi connectivity index (χ2n) is 7.08. The fourth-order valence-electron chi connectivity index (χ4n) is 3.68. The number of hydrogen-bond acceptors (Lipinski definition) is 3. The molecular weight excluding hydrogens is 314 g/mol. The number of nitrogens with zero attached hydrogens (tertiary/aromatic N) is 2. The fourth-order valence-corrected chi connectivity index (χ4v) is 3.68. The van der Waals surface area contributed by atoms with Crippen LogP contribution in [0.1, 0.15) is 51.9 Å². The van der Waals surface area contributed by atoms with E-state index in [9.17, 15) is 9.59 Å². The molecule has 0 unspecified atom stereocenters. The molecule has 1 saturated carbocycles. The first kappa shape index (κ1) is 17.6. The van der Waals surface area contributed by atoms with Crippen LogP contribution in [-0.4, -0.2) is 21.7 Å². The number of aromatic nitrogens is 2. The minimum absolute atomic E-state index is 0.0672. The number of benzene rings is 1. The SMILES string of the molecule is CC[C@H](Cn1ncc2ccccc2c1=O)NC(=O)CCC1CCCC1. The summed E-state index contributed by atoms with van der Waals surface area (Å²) in [6.45, 7) is 2.43. The normalized spacial score (nSPS) is 16.2. The monoisotopic (exact) mass is 341 g/mol. The zero-order valence-corrected chi connectivity index (χ0v) is 14.9. The van der Waals surface area contributed by atoms with Crippen LogP contribution >= 0.6 is 0 Å². The van der Waals surface area contributed by atoms with E-state index in [0.29, 0.717) is 18.4 Å². The van der Waals surface area contributed by atoms with E-state index in [-0.39, 0.29) is 17.5 Å². The van der Waals surface area contributed by atoms with Crippen LogP contribution in [0.15, 0.2) is 35.3 Å². The van der Waals surface area contributed by atoms with Crippen molar-refractivity contribution in [2.45, 2.75) is 64.5 Å². The zero-order chi connectivity index (χ0) is 17.6. The number of nitrogens with one attached hydrogen (secondary N) is 1. The Hall–Kier alpha value is -2.17. The average molecular weight is 341 g/mol. The van der Waals surface area contributed by atoms with Gasteiger partial charge in [-0.25, -0.2) is 4.68 Å². The van der Waals surface area contributed by atoms with Crippen molar-refractivity contribution in [3.05, 3.63) is 40.8 Å². The van der Waals surface area contributed by atoms with Gasteiger partial charge in [0, 0.05) is 17.8 Å². The summed E-state index contributed by atoms with van der Waals surface area (Å²) in [5.41, 5.74) is -0.100. The van der Waals surface area contributed by atoms with Crippen molar-refractivity contribution in [1.82, 2.24) is 15.1 Å². The van der Waals surface area contributed by atoms with E-state index in [1.54, 1.807) is 6.20 Å². The summed E-state index contributed by atoms with van der Waals surface area (Å²) in [7, 11) is 0. The van der Waals surface area contributed by atoms with Gasteiger partial charge in [0.05, 0.1) is 18.1 Å². The van der Waals surface area contributed by atoms with Crippen molar-refractivity contribution >= 4 is 16.7 Å². The molecule has 1 aliphatic carbocycles. The van der Waals surface area contributed by atoms with Gasteiger partial charge in [-0.05, 0) is 24.8 Å². The molecule has 2 aromatic rings. The molecule has 1 fully saturated rings. The third kappa shape index (κ3) is 4.47. The van der Waals surface area contributed by atoms with E-state index in [0.717, 1.165) is 24.1 Å². The quantitative estimate of drug-likeness (QED) is 0.841. The zero-order valence-electron chi connectivity index (χ0n) is 14.9. The predicted octanol–water partition coefficient (Wildman–Crippen LogP) is 3.26. The average Bonchev–Trinajstić information content (AvgIpc) is 3.15. The van der Waals surface area contributed by atoms with Crippen molar-refractivity contribution < 1.29 is 4.79 Å². The van der Waals surface area contributed by atoms with Gasteiger partial charge in [0.1, 0.15) is 0 Å². The predicted molar refractivity (Wildman–Crippen MR) is 99.4 cm³/mol. The van der Waals surface area contributed by atoms with E-state index in [1.165, 1.54) is 30.4 Å². The molecule has 0 aliphatic heterocycles. The van der Waals surface area contributed by atoms with Crippen molar-refractivity contribution in [3.63, 3.8) is 0 Å². The lowest BCUT2D eigenvalue weighted by Gasteiger charge is -2.18. The van der Waals surface area contributed by atoms with Gasteiger partial charge in [-0.2, -0.15) is 5.10 Å². The van der Waals surface area contributed by atoms with Gasteiger partial charge in [0.25, 0.3) is 5.56 Å². The molecular formula is C20H27N3O2. The van der Waals surface area contributed by atoms with Gasteiger partial charge in [-0.1, -0.05) is 50.8 Å². The maximum absolute atomic E-state index is 12.6. The van der Waals surface area contributed by atoms with Gasteiger partial charge >= 0.3 is 0 Å². The molecule has 0 saturated heterocycles. The number of rotatable bonds is 7. The third-order valence-electron chi connectivity index (χ3n) is 5.27. The minimum atomic E-state index is -0.100. The largest absolute Gasteiger partial charge is 0.352 e. The Labute approximate surface area is 148 Å². The molecule has 1 atom stereocenters. The third-order valence-corrected chi connectivity index (χ3v) is 5.27. The van der Waals surface area contributed by atoms with E-state index in [4.69, 9.17) is 0 Å². The molecule has 5 nitrogen and oxygen atoms in total. The van der Waals surface area contributed by atoms with Crippen LogP contribution in [0.25, 0.3) is 10.8 Å². The highest BCUT2D eigenvalue weighted by Gasteiger charge is 2.18. The number of carbonyl (C=O) groups excluding carboxylic acids is 1.